The zero-order valence-electron chi connectivity index (χ0n) is 13.9. The predicted molar refractivity (Wildman–Crippen MR) is 91.1 cm³/mol. The molecule has 0 amide bonds. The molecule has 0 N–H and O–H groups in total. The highest BCUT2D eigenvalue weighted by atomic mass is 19.1. The fraction of sp³-hybridized carbons (Fsp3) is 0.158. The minimum atomic E-state index is -0.621. The highest BCUT2D eigenvalue weighted by molar-refractivity contribution is 5.94. The minimum Gasteiger partial charge on any atom is -0.439 e. The van der Waals surface area contributed by atoms with Crippen molar-refractivity contribution in [2.45, 2.75) is 20.3 Å². The molecule has 126 valence electrons. The SMILES string of the molecule is CCc1cc(Oc2ccc(C(C)=O)c(F)c2)nc(-c2ccncc2)n1. The van der Waals surface area contributed by atoms with E-state index in [-0.39, 0.29) is 17.1 Å². The summed E-state index contributed by atoms with van der Waals surface area (Å²) in [5.41, 5.74) is 1.65. The highest BCUT2D eigenvalue weighted by Crippen LogP contribution is 2.25. The molecule has 0 aliphatic heterocycles. The van der Waals surface area contributed by atoms with E-state index in [0.29, 0.717) is 18.1 Å². The molecule has 6 heteroatoms. The summed E-state index contributed by atoms with van der Waals surface area (Å²) >= 11 is 0. The van der Waals surface area contributed by atoms with Crippen LogP contribution in [0.2, 0.25) is 0 Å². The Balaban J connectivity index is 1.95. The molecule has 0 radical (unpaired) electrons. The normalized spacial score (nSPS) is 10.5. The summed E-state index contributed by atoms with van der Waals surface area (Å²) in [6, 6.07) is 9.44. The average molecular weight is 337 g/mol. The number of ether oxygens (including phenoxy) is 1. The fourth-order valence-electron chi connectivity index (χ4n) is 2.30. The van der Waals surface area contributed by atoms with Crippen LogP contribution in [0.1, 0.15) is 29.9 Å². The first kappa shape index (κ1) is 16.7. The maximum Gasteiger partial charge on any atom is 0.223 e. The Kier molecular flexibility index (Phi) is 4.79. The van der Waals surface area contributed by atoms with Gasteiger partial charge in [-0.3, -0.25) is 9.78 Å². The molecule has 0 saturated heterocycles. The molecule has 0 unspecified atom stereocenters. The van der Waals surface area contributed by atoms with Gasteiger partial charge in [0.1, 0.15) is 11.6 Å². The molecule has 0 saturated carbocycles. The summed E-state index contributed by atoms with van der Waals surface area (Å²) in [4.78, 5) is 24.2. The molecule has 0 atom stereocenters. The highest BCUT2D eigenvalue weighted by Gasteiger charge is 2.11. The Hall–Kier alpha value is -3.15. The Morgan fingerprint density at radius 2 is 1.88 bits per heavy atom. The Morgan fingerprint density at radius 1 is 1.12 bits per heavy atom. The van der Waals surface area contributed by atoms with Crippen molar-refractivity contribution in [2.75, 3.05) is 0 Å². The Morgan fingerprint density at radius 3 is 2.52 bits per heavy atom. The van der Waals surface area contributed by atoms with Gasteiger partial charge in [0.2, 0.25) is 5.88 Å². The van der Waals surface area contributed by atoms with Gasteiger partial charge in [-0.05, 0) is 37.6 Å². The van der Waals surface area contributed by atoms with Gasteiger partial charge in [-0.15, -0.1) is 0 Å². The first-order chi connectivity index (χ1) is 12.1. The largest absolute Gasteiger partial charge is 0.439 e. The van der Waals surface area contributed by atoms with Crippen LogP contribution in [-0.2, 0) is 6.42 Å². The third-order valence-corrected chi connectivity index (χ3v) is 3.60. The van der Waals surface area contributed by atoms with E-state index < -0.39 is 5.82 Å². The number of carbonyl (C=O) groups is 1. The van der Waals surface area contributed by atoms with Crippen molar-refractivity contribution in [1.82, 2.24) is 15.0 Å². The zero-order valence-corrected chi connectivity index (χ0v) is 13.9. The maximum absolute atomic E-state index is 14.0. The molecule has 3 rings (SSSR count). The van der Waals surface area contributed by atoms with Crippen LogP contribution < -0.4 is 4.74 Å². The van der Waals surface area contributed by atoms with Crippen LogP contribution in [0.25, 0.3) is 11.4 Å². The molecule has 1 aromatic carbocycles. The number of nitrogens with zero attached hydrogens (tertiary/aromatic N) is 3. The number of benzene rings is 1. The van der Waals surface area contributed by atoms with Crippen molar-refractivity contribution in [3.63, 3.8) is 0 Å². The van der Waals surface area contributed by atoms with Crippen LogP contribution in [0.15, 0.2) is 48.8 Å². The van der Waals surface area contributed by atoms with E-state index in [9.17, 15) is 9.18 Å². The number of halogens is 1. The standard InChI is InChI=1S/C19H16FN3O2/c1-3-14-10-18(23-19(22-14)13-6-8-21-9-7-13)25-15-4-5-16(12(2)24)17(20)11-15/h4-11H,3H2,1-2H3. The van der Waals surface area contributed by atoms with E-state index in [1.165, 1.54) is 19.1 Å². The number of Topliss-reactive ketones (excluding diaryl/α,β-unsaturated/α-hetero) is 1. The summed E-state index contributed by atoms with van der Waals surface area (Å²) in [5, 5.41) is 0. The second kappa shape index (κ2) is 7.17. The molecule has 5 nitrogen and oxygen atoms in total. The number of ketones is 1. The zero-order chi connectivity index (χ0) is 17.8. The molecule has 0 spiro atoms. The van der Waals surface area contributed by atoms with E-state index in [4.69, 9.17) is 4.74 Å². The van der Waals surface area contributed by atoms with Gasteiger partial charge in [-0.1, -0.05) is 6.92 Å². The summed E-state index contributed by atoms with van der Waals surface area (Å²) in [7, 11) is 0. The van der Waals surface area contributed by atoms with Gasteiger partial charge in [0.25, 0.3) is 0 Å². The van der Waals surface area contributed by atoms with E-state index in [1.54, 1.807) is 36.7 Å². The predicted octanol–water partition coefficient (Wildman–Crippen LogP) is 4.24. The number of aryl methyl sites for hydroxylation is 1. The van der Waals surface area contributed by atoms with Crippen LogP contribution >= 0.6 is 0 Å². The first-order valence-electron chi connectivity index (χ1n) is 7.83. The summed E-state index contributed by atoms with van der Waals surface area (Å²) < 4.78 is 19.6. The second-order valence-corrected chi connectivity index (χ2v) is 5.41. The van der Waals surface area contributed by atoms with Crippen molar-refractivity contribution >= 4 is 5.78 Å². The van der Waals surface area contributed by atoms with E-state index in [1.807, 2.05) is 6.92 Å². The lowest BCUT2D eigenvalue weighted by Gasteiger charge is -2.09. The third kappa shape index (κ3) is 3.85. The summed E-state index contributed by atoms with van der Waals surface area (Å²) in [5.74, 6) is 0.138. The quantitative estimate of drug-likeness (QED) is 0.652. The number of hydrogen-bond acceptors (Lipinski definition) is 5. The molecule has 0 bridgehead atoms. The molecule has 2 heterocycles. The van der Waals surface area contributed by atoms with Crippen molar-refractivity contribution in [1.29, 1.82) is 0 Å². The summed E-state index contributed by atoms with van der Waals surface area (Å²) in [6.45, 7) is 3.29. The van der Waals surface area contributed by atoms with Crippen LogP contribution in [0, 0.1) is 5.82 Å². The van der Waals surface area contributed by atoms with Crippen molar-refractivity contribution < 1.29 is 13.9 Å². The fourth-order valence-corrected chi connectivity index (χ4v) is 2.30. The molecule has 2 aromatic heterocycles. The molecule has 0 fully saturated rings. The van der Waals surface area contributed by atoms with Crippen LogP contribution in [0.3, 0.4) is 0 Å². The first-order valence-corrected chi connectivity index (χ1v) is 7.83. The van der Waals surface area contributed by atoms with Gasteiger partial charge in [-0.25, -0.2) is 9.37 Å². The van der Waals surface area contributed by atoms with Gasteiger partial charge in [0, 0.05) is 35.8 Å². The lowest BCUT2D eigenvalue weighted by molar-refractivity contribution is 0.101. The number of hydrogen-bond donors (Lipinski definition) is 0. The van der Waals surface area contributed by atoms with Crippen molar-refractivity contribution in [3.8, 4) is 23.0 Å². The Labute approximate surface area is 144 Å². The number of rotatable bonds is 5. The van der Waals surface area contributed by atoms with Gasteiger partial charge in [0.05, 0.1) is 5.56 Å². The van der Waals surface area contributed by atoms with Crippen LogP contribution in [0.4, 0.5) is 4.39 Å². The average Bonchev–Trinajstić information content (AvgIpc) is 2.62. The van der Waals surface area contributed by atoms with Crippen LogP contribution in [0.5, 0.6) is 11.6 Å². The monoisotopic (exact) mass is 337 g/mol. The number of aromatic nitrogens is 3. The smallest absolute Gasteiger partial charge is 0.223 e. The summed E-state index contributed by atoms with van der Waals surface area (Å²) in [6.07, 6.45) is 4.02. The van der Waals surface area contributed by atoms with Gasteiger partial charge >= 0.3 is 0 Å². The molecular weight excluding hydrogens is 321 g/mol. The number of pyridine rings is 1. The van der Waals surface area contributed by atoms with E-state index >= 15 is 0 Å². The topological polar surface area (TPSA) is 65.0 Å². The van der Waals surface area contributed by atoms with Gasteiger partial charge in [-0.2, -0.15) is 4.98 Å². The van der Waals surface area contributed by atoms with Crippen LogP contribution in [-0.4, -0.2) is 20.7 Å². The van der Waals surface area contributed by atoms with Gasteiger partial charge in [0.15, 0.2) is 11.6 Å². The molecule has 0 aliphatic carbocycles. The molecule has 25 heavy (non-hydrogen) atoms. The van der Waals surface area contributed by atoms with Crippen molar-refractivity contribution in [2.24, 2.45) is 0 Å². The Bertz CT molecular complexity index is 914. The molecule has 0 aliphatic rings. The maximum atomic E-state index is 14.0. The minimum absolute atomic E-state index is 0.0294. The number of carbonyl (C=O) groups excluding carboxylic acids is 1. The molecular formula is C19H16FN3O2. The van der Waals surface area contributed by atoms with E-state index in [0.717, 1.165) is 11.3 Å². The lowest BCUT2D eigenvalue weighted by Crippen LogP contribution is -2.00. The molecule has 3 aromatic rings. The lowest BCUT2D eigenvalue weighted by atomic mass is 10.1. The van der Waals surface area contributed by atoms with Gasteiger partial charge < -0.3 is 4.74 Å². The second-order valence-electron chi connectivity index (χ2n) is 5.41. The van der Waals surface area contributed by atoms with E-state index in [2.05, 4.69) is 15.0 Å². The third-order valence-electron chi connectivity index (χ3n) is 3.60. The van der Waals surface area contributed by atoms with Crippen molar-refractivity contribution in [3.05, 3.63) is 65.9 Å².